The van der Waals surface area contributed by atoms with Crippen molar-refractivity contribution in [3.63, 3.8) is 0 Å². The lowest BCUT2D eigenvalue weighted by Gasteiger charge is -2.02. The summed E-state index contributed by atoms with van der Waals surface area (Å²) in [5.41, 5.74) is 2.46. The first-order valence-electron chi connectivity index (χ1n) is 8.75. The average molecular weight is 421 g/mol. The van der Waals surface area contributed by atoms with E-state index in [1.807, 2.05) is 0 Å². The van der Waals surface area contributed by atoms with E-state index < -0.39 is 23.8 Å². The van der Waals surface area contributed by atoms with Crippen LogP contribution >= 0.6 is 0 Å². The Balaban J connectivity index is 1.73. The Hall–Kier alpha value is -4.73. The van der Waals surface area contributed by atoms with Crippen molar-refractivity contribution in [1.29, 1.82) is 0 Å². The number of nitrogens with zero attached hydrogens (tertiary/aromatic N) is 1. The molecule has 1 heterocycles. The third-order valence-corrected chi connectivity index (χ3v) is 3.81. The quantitative estimate of drug-likeness (QED) is 0.424. The number of oxazole rings is 1. The Labute approximate surface area is 174 Å². The first-order chi connectivity index (χ1) is 14.8. The molecule has 10 heteroatoms. The Morgan fingerprint density at radius 1 is 0.774 bits per heavy atom. The molecule has 0 bridgehead atoms. The standard InChI is InChI=1S/C21H15N3O7/c25-17(7-9-19(27)28)22-13-3-1-12(2-4-13)21-24-15-11-14(5-6-16(15)31-21)23-18(26)8-10-20(29)30/h1-11H,(H,22,25)(H,23,26)(H,27,28)(H,29,30)/b9-7-,10-8-. The Morgan fingerprint density at radius 2 is 1.32 bits per heavy atom. The molecule has 156 valence electrons. The van der Waals surface area contributed by atoms with Crippen LogP contribution < -0.4 is 10.6 Å². The molecule has 3 rings (SSSR count). The number of anilines is 2. The maximum Gasteiger partial charge on any atom is 0.328 e. The van der Waals surface area contributed by atoms with E-state index in [2.05, 4.69) is 15.6 Å². The van der Waals surface area contributed by atoms with Gasteiger partial charge in [0.1, 0.15) is 5.52 Å². The van der Waals surface area contributed by atoms with Crippen molar-refractivity contribution in [3.05, 3.63) is 66.8 Å². The molecular formula is C21H15N3O7. The predicted molar refractivity (Wildman–Crippen MR) is 110 cm³/mol. The fourth-order valence-corrected chi connectivity index (χ4v) is 2.49. The largest absolute Gasteiger partial charge is 0.478 e. The predicted octanol–water partition coefficient (Wildman–Crippen LogP) is 2.65. The molecule has 0 radical (unpaired) electrons. The molecule has 0 saturated carbocycles. The number of benzene rings is 2. The second-order valence-corrected chi connectivity index (χ2v) is 6.10. The van der Waals surface area contributed by atoms with Crippen LogP contribution in [0.15, 0.2) is 71.2 Å². The highest BCUT2D eigenvalue weighted by molar-refractivity contribution is 6.03. The van der Waals surface area contributed by atoms with Gasteiger partial charge in [0, 0.05) is 41.2 Å². The van der Waals surface area contributed by atoms with Gasteiger partial charge in [-0.15, -0.1) is 0 Å². The number of fused-ring (bicyclic) bond motifs is 1. The zero-order valence-electron chi connectivity index (χ0n) is 15.7. The zero-order chi connectivity index (χ0) is 22.4. The molecule has 2 aromatic carbocycles. The number of carboxylic acids is 2. The van der Waals surface area contributed by atoms with Crippen LogP contribution in [-0.2, 0) is 19.2 Å². The van der Waals surface area contributed by atoms with Crippen molar-refractivity contribution < 1.29 is 33.8 Å². The molecule has 0 aliphatic carbocycles. The van der Waals surface area contributed by atoms with Gasteiger partial charge in [-0.1, -0.05) is 0 Å². The Bertz CT molecular complexity index is 1220. The van der Waals surface area contributed by atoms with E-state index >= 15 is 0 Å². The molecule has 2 amide bonds. The Morgan fingerprint density at radius 3 is 1.90 bits per heavy atom. The maximum absolute atomic E-state index is 11.7. The molecule has 3 aromatic rings. The highest BCUT2D eigenvalue weighted by atomic mass is 16.4. The lowest BCUT2D eigenvalue weighted by molar-refractivity contribution is -0.132. The summed E-state index contributed by atoms with van der Waals surface area (Å²) in [6.45, 7) is 0. The monoisotopic (exact) mass is 421 g/mol. The van der Waals surface area contributed by atoms with Crippen molar-refractivity contribution >= 4 is 46.2 Å². The summed E-state index contributed by atoms with van der Waals surface area (Å²) in [5, 5.41) is 22.1. The van der Waals surface area contributed by atoms with Gasteiger partial charge < -0.3 is 25.3 Å². The van der Waals surface area contributed by atoms with E-state index in [1.54, 1.807) is 42.5 Å². The molecule has 0 aliphatic heterocycles. The van der Waals surface area contributed by atoms with Crippen molar-refractivity contribution in [2.45, 2.75) is 0 Å². The number of rotatable bonds is 7. The number of aromatic nitrogens is 1. The van der Waals surface area contributed by atoms with E-state index in [4.69, 9.17) is 14.6 Å². The van der Waals surface area contributed by atoms with Gasteiger partial charge in [0.2, 0.25) is 17.7 Å². The number of carbonyl (C=O) groups is 4. The average Bonchev–Trinajstić information content (AvgIpc) is 3.14. The fourth-order valence-electron chi connectivity index (χ4n) is 2.49. The van der Waals surface area contributed by atoms with Crippen LogP contribution in [-0.4, -0.2) is 39.0 Å². The zero-order valence-corrected chi connectivity index (χ0v) is 15.7. The van der Waals surface area contributed by atoms with Gasteiger partial charge in [-0.05, 0) is 42.5 Å². The summed E-state index contributed by atoms with van der Waals surface area (Å²) in [6.07, 6.45) is 3.28. The SMILES string of the molecule is O=C(O)/C=C\C(=O)Nc1ccc(-c2nc3cc(NC(=O)/C=C\C(=O)O)ccc3o2)cc1. The number of aliphatic carboxylic acids is 2. The number of carbonyl (C=O) groups excluding carboxylic acids is 2. The van der Waals surface area contributed by atoms with E-state index in [9.17, 15) is 19.2 Å². The molecule has 0 spiro atoms. The maximum atomic E-state index is 11.7. The van der Waals surface area contributed by atoms with E-state index in [-0.39, 0.29) is 0 Å². The highest BCUT2D eigenvalue weighted by Crippen LogP contribution is 2.27. The van der Waals surface area contributed by atoms with Crippen LogP contribution in [0.2, 0.25) is 0 Å². The van der Waals surface area contributed by atoms with Crippen LogP contribution in [0.25, 0.3) is 22.6 Å². The first-order valence-corrected chi connectivity index (χ1v) is 8.75. The molecular weight excluding hydrogens is 406 g/mol. The minimum absolute atomic E-state index is 0.313. The van der Waals surface area contributed by atoms with Crippen LogP contribution in [0.4, 0.5) is 11.4 Å². The number of hydrogen-bond acceptors (Lipinski definition) is 6. The topological polar surface area (TPSA) is 159 Å². The summed E-state index contributed by atoms with van der Waals surface area (Å²) < 4.78 is 5.70. The normalized spacial score (nSPS) is 11.1. The highest BCUT2D eigenvalue weighted by Gasteiger charge is 2.10. The third-order valence-electron chi connectivity index (χ3n) is 3.81. The van der Waals surface area contributed by atoms with Crippen LogP contribution in [0, 0.1) is 0 Å². The van der Waals surface area contributed by atoms with Crippen molar-refractivity contribution in [2.24, 2.45) is 0 Å². The van der Waals surface area contributed by atoms with Gasteiger partial charge in [0.25, 0.3) is 0 Å². The number of hydrogen-bond donors (Lipinski definition) is 4. The Kier molecular flexibility index (Phi) is 6.21. The van der Waals surface area contributed by atoms with E-state index in [1.165, 1.54) is 0 Å². The van der Waals surface area contributed by atoms with Crippen molar-refractivity contribution in [2.75, 3.05) is 10.6 Å². The van der Waals surface area contributed by atoms with Crippen LogP contribution in [0.1, 0.15) is 0 Å². The van der Waals surface area contributed by atoms with Gasteiger partial charge >= 0.3 is 11.9 Å². The molecule has 31 heavy (non-hydrogen) atoms. The summed E-state index contributed by atoms with van der Waals surface area (Å²) in [4.78, 5) is 48.6. The minimum Gasteiger partial charge on any atom is -0.478 e. The summed E-state index contributed by atoms with van der Waals surface area (Å²) in [6, 6.07) is 11.3. The number of carboxylic acid groups (broad SMARTS) is 2. The van der Waals surface area contributed by atoms with Gasteiger partial charge in [-0.2, -0.15) is 0 Å². The summed E-state index contributed by atoms with van der Waals surface area (Å²) in [7, 11) is 0. The molecule has 1 aromatic heterocycles. The molecule has 4 N–H and O–H groups in total. The second kappa shape index (κ2) is 9.18. The minimum atomic E-state index is -1.23. The lowest BCUT2D eigenvalue weighted by Crippen LogP contribution is -2.08. The summed E-state index contributed by atoms with van der Waals surface area (Å²) >= 11 is 0. The molecule has 0 fully saturated rings. The molecule has 10 nitrogen and oxygen atoms in total. The van der Waals surface area contributed by atoms with Crippen LogP contribution in [0.5, 0.6) is 0 Å². The van der Waals surface area contributed by atoms with Gasteiger partial charge in [0.05, 0.1) is 0 Å². The second-order valence-electron chi connectivity index (χ2n) is 6.10. The summed E-state index contributed by atoms with van der Waals surface area (Å²) in [5.74, 6) is -3.31. The van der Waals surface area contributed by atoms with Crippen molar-refractivity contribution in [1.82, 2.24) is 4.98 Å². The molecule has 0 saturated heterocycles. The van der Waals surface area contributed by atoms with Gasteiger partial charge in [-0.25, -0.2) is 14.6 Å². The number of amides is 2. The van der Waals surface area contributed by atoms with E-state index in [0.29, 0.717) is 33.9 Å². The molecule has 0 unspecified atom stereocenters. The fraction of sp³-hybridized carbons (Fsp3) is 0. The van der Waals surface area contributed by atoms with Crippen molar-refractivity contribution in [3.8, 4) is 11.5 Å². The molecule has 0 atom stereocenters. The van der Waals surface area contributed by atoms with Gasteiger partial charge in [0.15, 0.2) is 5.58 Å². The van der Waals surface area contributed by atoms with Gasteiger partial charge in [-0.3, -0.25) is 9.59 Å². The van der Waals surface area contributed by atoms with E-state index in [0.717, 1.165) is 24.3 Å². The lowest BCUT2D eigenvalue weighted by atomic mass is 10.2. The third kappa shape index (κ3) is 5.87. The molecule has 0 aliphatic rings. The van der Waals surface area contributed by atoms with Crippen LogP contribution in [0.3, 0.4) is 0 Å². The number of nitrogens with one attached hydrogen (secondary N) is 2. The smallest absolute Gasteiger partial charge is 0.328 e. The first kappa shape index (κ1) is 21.0.